The molecule has 4 aliphatic rings. The van der Waals surface area contributed by atoms with E-state index in [2.05, 4.69) is 542 Å². The van der Waals surface area contributed by atoms with Gasteiger partial charge in [0.1, 0.15) is 0 Å². The summed E-state index contributed by atoms with van der Waals surface area (Å²) in [7, 11) is 0. The Morgan fingerprint density at radius 1 is 0.161 bits per heavy atom. The van der Waals surface area contributed by atoms with Gasteiger partial charge < -0.3 is 10.2 Å². The topological polar surface area (TPSA) is 15.3 Å². The highest BCUT2D eigenvalue weighted by Crippen LogP contribution is 2.67. The molecule has 0 saturated heterocycles. The molecule has 0 bridgehead atoms. The smallest absolute Gasteiger partial charge is 0.0726 e. The van der Waals surface area contributed by atoms with Crippen LogP contribution in [-0.4, -0.2) is 0 Å². The number of nitrogens with zero attached hydrogens (tertiary/aromatic N) is 1. The third-order valence-corrected chi connectivity index (χ3v) is 29.8. The van der Waals surface area contributed by atoms with E-state index in [0.29, 0.717) is 0 Å². The summed E-state index contributed by atoms with van der Waals surface area (Å²) in [5.41, 5.74) is 40.0. The van der Waals surface area contributed by atoms with E-state index in [1.807, 2.05) is 6.07 Å². The van der Waals surface area contributed by atoms with Crippen molar-refractivity contribution in [3.05, 3.63) is 571 Å². The summed E-state index contributed by atoms with van der Waals surface area (Å²) in [6.45, 7) is 0. The van der Waals surface area contributed by atoms with Crippen molar-refractivity contribution in [3.63, 3.8) is 0 Å². The second-order valence-corrected chi connectivity index (χ2v) is 37.4. The highest BCUT2D eigenvalue weighted by atomic mass is 79.9. The minimum absolute atomic E-state index is 0.427. The summed E-state index contributed by atoms with van der Waals surface area (Å²) in [5, 5.41) is 19.2. The predicted molar refractivity (Wildman–Crippen MR) is 582 cm³/mol. The minimum Gasteiger partial charge on any atom is -0.355 e. The average molecular weight is 1810 g/mol. The zero-order chi connectivity index (χ0) is 90.7. The normalized spacial score (nSPS) is 12.7. The SMILES string of the molecule is Brc1ccc(-c2ccccc2)cc1.c1ccc(-c2ccc(-c3cc4c(cc3N(c3ccc(-c5ccccc5)cc3)c3ccc5c6ccccc6c6ccccc6c5c3)C3(c5ccccc5-c5ccccc53)c3ccccc3-4)cc2)cc1.c1ccc(-c2ccc(-c3cc4c(cc3Nc3ccc5c6ccccc6c6ccccc6c5c3)C3(c5ccccc5-c5ccccc53)c3ccccc3-4)cc2)cc1. The molecule has 0 radical (unpaired) electrons. The van der Waals surface area contributed by atoms with Crippen LogP contribution in [0.5, 0.6) is 0 Å². The van der Waals surface area contributed by atoms with E-state index < -0.39 is 10.8 Å². The van der Waals surface area contributed by atoms with Gasteiger partial charge in [-0.3, -0.25) is 0 Å². The molecule has 0 aliphatic heterocycles. The number of anilines is 5. The Hall–Kier alpha value is -17.1. The van der Waals surface area contributed by atoms with Crippen molar-refractivity contribution < 1.29 is 0 Å². The van der Waals surface area contributed by atoms with Crippen LogP contribution in [0.25, 0.3) is 176 Å². The van der Waals surface area contributed by atoms with Gasteiger partial charge in [-0.05, 0) is 282 Å². The first kappa shape index (κ1) is 80.8. The Kier molecular flexibility index (Phi) is 19.6. The van der Waals surface area contributed by atoms with Crippen LogP contribution in [-0.2, 0) is 10.8 Å². The van der Waals surface area contributed by atoms with Crippen molar-refractivity contribution >= 4 is 109 Å². The molecule has 0 amide bonds. The molecule has 0 fully saturated rings. The first-order chi connectivity index (χ1) is 67.9. The average Bonchev–Trinajstić information content (AvgIpc) is 1.51. The van der Waals surface area contributed by atoms with E-state index in [0.717, 1.165) is 38.5 Å². The molecular formula is C134H87BrN2. The van der Waals surface area contributed by atoms with E-state index in [-0.39, 0.29) is 0 Å². The zero-order valence-corrected chi connectivity index (χ0v) is 76.6. The molecule has 0 saturated carbocycles. The largest absolute Gasteiger partial charge is 0.355 e. The number of hydrogen-bond acceptors (Lipinski definition) is 2. The maximum Gasteiger partial charge on any atom is 0.0726 e. The van der Waals surface area contributed by atoms with Gasteiger partial charge in [-0.15, -0.1) is 0 Å². The molecule has 3 heteroatoms. The Balaban J connectivity index is 0.000000127. The number of rotatable bonds is 11. The van der Waals surface area contributed by atoms with Crippen LogP contribution in [0.3, 0.4) is 0 Å². The second-order valence-electron chi connectivity index (χ2n) is 36.4. The molecule has 24 aromatic carbocycles. The van der Waals surface area contributed by atoms with Crippen molar-refractivity contribution in [3.8, 4) is 111 Å². The van der Waals surface area contributed by atoms with Crippen molar-refractivity contribution in [2.24, 2.45) is 0 Å². The molecule has 0 atom stereocenters. The van der Waals surface area contributed by atoms with Crippen molar-refractivity contribution in [2.45, 2.75) is 10.8 Å². The van der Waals surface area contributed by atoms with Gasteiger partial charge in [-0.1, -0.05) is 465 Å². The predicted octanol–water partition coefficient (Wildman–Crippen LogP) is 36.6. The van der Waals surface area contributed by atoms with Gasteiger partial charge in [0.05, 0.1) is 16.5 Å². The molecule has 0 heterocycles. The van der Waals surface area contributed by atoms with Crippen LogP contribution in [0.1, 0.15) is 44.5 Å². The first-order valence-corrected chi connectivity index (χ1v) is 48.1. The molecule has 2 spiro atoms. The van der Waals surface area contributed by atoms with E-state index in [9.17, 15) is 0 Å². The molecule has 137 heavy (non-hydrogen) atoms. The molecule has 0 aromatic heterocycles. The third kappa shape index (κ3) is 13.2. The van der Waals surface area contributed by atoms with Gasteiger partial charge in [0.2, 0.25) is 0 Å². The van der Waals surface area contributed by atoms with Crippen LogP contribution >= 0.6 is 15.9 Å². The Labute approximate surface area is 805 Å². The van der Waals surface area contributed by atoms with E-state index in [1.165, 1.54) is 215 Å². The highest BCUT2D eigenvalue weighted by molar-refractivity contribution is 9.10. The Bertz CT molecular complexity index is 8730. The van der Waals surface area contributed by atoms with Crippen LogP contribution < -0.4 is 10.2 Å². The molecular weight excluding hydrogens is 1720 g/mol. The van der Waals surface area contributed by atoms with Gasteiger partial charge in [0.15, 0.2) is 0 Å². The molecule has 640 valence electrons. The third-order valence-electron chi connectivity index (χ3n) is 29.3. The lowest BCUT2D eigenvalue weighted by atomic mass is 9.70. The number of fused-ring (bicyclic) bond motifs is 32. The summed E-state index contributed by atoms with van der Waals surface area (Å²) in [4.78, 5) is 2.53. The molecule has 4 aliphatic carbocycles. The second kappa shape index (κ2) is 33.3. The lowest BCUT2D eigenvalue weighted by molar-refractivity contribution is 0.794. The lowest BCUT2D eigenvalue weighted by Crippen LogP contribution is -2.26. The quantitative estimate of drug-likeness (QED) is 0.130. The fraction of sp³-hybridized carbons (Fsp3) is 0.0149. The highest BCUT2D eigenvalue weighted by Gasteiger charge is 2.54. The monoisotopic (exact) mass is 1800 g/mol. The van der Waals surface area contributed by atoms with E-state index in [4.69, 9.17) is 0 Å². The maximum absolute atomic E-state index is 4.03. The zero-order valence-electron chi connectivity index (χ0n) is 75.0. The van der Waals surface area contributed by atoms with Crippen molar-refractivity contribution in [1.82, 2.24) is 0 Å². The first-order valence-electron chi connectivity index (χ1n) is 47.3. The molecule has 2 nitrogen and oxygen atoms in total. The molecule has 0 unspecified atom stereocenters. The molecule has 24 aromatic rings. The number of nitrogens with one attached hydrogen (secondary N) is 1. The fourth-order valence-electron chi connectivity index (χ4n) is 23.3. The molecule has 1 N–H and O–H groups in total. The molecule has 28 rings (SSSR count). The lowest BCUT2D eigenvalue weighted by Gasteiger charge is -2.33. The van der Waals surface area contributed by atoms with Gasteiger partial charge in [0, 0.05) is 38.3 Å². The summed E-state index contributed by atoms with van der Waals surface area (Å²) in [5.74, 6) is 0. The van der Waals surface area contributed by atoms with Gasteiger partial charge in [-0.2, -0.15) is 0 Å². The van der Waals surface area contributed by atoms with Crippen molar-refractivity contribution in [1.29, 1.82) is 0 Å². The van der Waals surface area contributed by atoms with Crippen molar-refractivity contribution in [2.75, 3.05) is 10.2 Å². The van der Waals surface area contributed by atoms with Gasteiger partial charge in [0.25, 0.3) is 0 Å². The van der Waals surface area contributed by atoms with E-state index >= 15 is 0 Å². The maximum atomic E-state index is 4.03. The standard InChI is InChI=1S/C67H43N.C55H35N.C12H9Br/c1-3-17-44(18-4-1)46-31-33-48(34-32-46)59-42-61-58-27-13-16-30-64(58)67(62-28-14-11-25-56(62)57-26-12-15-29-63(57)67)65(61)43-66(59)68(49-37-35-47(36-38-49)45-19-5-2-6-20-45)50-39-40-55-53-23-8-7-21-51(53)52-22-9-10-24-54(52)60(55)41-50;1-2-14-35(15-3-1)36-26-28-37(29-27-36)47-33-49-46-22-10-13-25-52(46)55(50-23-11-8-20-44(50)45-21-9-12-24-51(45)55)53(49)34-54(47)56-38-30-31-43-41-18-5-4-16-39(41)40-17-6-7-19-42(40)48(43)32-38;13-12-8-6-11(7-9-12)10-4-2-1-3-5-10/h1-43H;1-34,56H;1-9H. The van der Waals surface area contributed by atoms with Crippen LogP contribution in [0, 0.1) is 0 Å². The van der Waals surface area contributed by atoms with Gasteiger partial charge >= 0.3 is 0 Å². The summed E-state index contributed by atoms with van der Waals surface area (Å²) >= 11 is 3.42. The number of hydrogen-bond donors (Lipinski definition) is 1. The van der Waals surface area contributed by atoms with E-state index in [1.54, 1.807) is 0 Å². The summed E-state index contributed by atoms with van der Waals surface area (Å²) in [6, 6.07) is 192. The summed E-state index contributed by atoms with van der Waals surface area (Å²) < 4.78 is 1.12. The van der Waals surface area contributed by atoms with Crippen LogP contribution in [0.4, 0.5) is 28.4 Å². The van der Waals surface area contributed by atoms with Crippen LogP contribution in [0.15, 0.2) is 526 Å². The fourth-order valence-corrected chi connectivity index (χ4v) is 23.5. The van der Waals surface area contributed by atoms with Crippen LogP contribution in [0.2, 0.25) is 0 Å². The minimum atomic E-state index is -0.509. The number of benzene rings is 24. The van der Waals surface area contributed by atoms with Gasteiger partial charge in [-0.25, -0.2) is 0 Å². The number of halogens is 1. The Morgan fingerprint density at radius 3 is 0.788 bits per heavy atom. The Morgan fingerprint density at radius 2 is 0.416 bits per heavy atom. The summed E-state index contributed by atoms with van der Waals surface area (Å²) in [6.07, 6.45) is 0.